The predicted octanol–water partition coefficient (Wildman–Crippen LogP) is 4.20. The Morgan fingerprint density at radius 1 is 1.12 bits per heavy atom. The van der Waals surface area contributed by atoms with Crippen molar-refractivity contribution in [3.8, 4) is 11.5 Å². The summed E-state index contributed by atoms with van der Waals surface area (Å²) in [4.78, 5) is 12.3. The Kier molecular flexibility index (Phi) is 6.81. The maximum atomic E-state index is 12.3. The number of benzene rings is 2. The molecule has 0 radical (unpaired) electrons. The fourth-order valence-electron chi connectivity index (χ4n) is 1.90. The molecule has 24 heavy (non-hydrogen) atoms. The molecule has 0 saturated heterocycles. The molecular weight excluding hydrogens is 507 g/mol. The summed E-state index contributed by atoms with van der Waals surface area (Å²) in [6, 6.07) is 10.6. The number of carbonyl (C=O) groups is 1. The maximum absolute atomic E-state index is 12.3. The highest BCUT2D eigenvalue weighted by atomic mass is 127. The van der Waals surface area contributed by atoms with Crippen LogP contribution in [0.2, 0.25) is 0 Å². The molecular formula is C16H14BrIN2O3S. The van der Waals surface area contributed by atoms with Gasteiger partial charge in [0.05, 0.1) is 19.9 Å². The van der Waals surface area contributed by atoms with Crippen LogP contribution in [0, 0.1) is 3.57 Å². The molecule has 0 heterocycles. The molecule has 2 aromatic rings. The van der Waals surface area contributed by atoms with Crippen molar-refractivity contribution in [2.45, 2.75) is 0 Å². The van der Waals surface area contributed by atoms with Crippen LogP contribution in [0.25, 0.3) is 0 Å². The van der Waals surface area contributed by atoms with Gasteiger partial charge in [-0.2, -0.15) is 0 Å². The van der Waals surface area contributed by atoms with Gasteiger partial charge in [-0.05, 0) is 71.2 Å². The van der Waals surface area contributed by atoms with Crippen LogP contribution in [0.5, 0.6) is 11.5 Å². The highest BCUT2D eigenvalue weighted by Crippen LogP contribution is 2.27. The van der Waals surface area contributed by atoms with Crippen molar-refractivity contribution in [3.05, 3.63) is 50.0 Å². The van der Waals surface area contributed by atoms with Gasteiger partial charge < -0.3 is 14.8 Å². The number of halogens is 2. The summed E-state index contributed by atoms with van der Waals surface area (Å²) < 4.78 is 12.3. The fraction of sp³-hybridized carbons (Fsp3) is 0.125. The van der Waals surface area contributed by atoms with Gasteiger partial charge in [0.2, 0.25) is 0 Å². The van der Waals surface area contributed by atoms with E-state index in [4.69, 9.17) is 21.7 Å². The van der Waals surface area contributed by atoms with E-state index in [0.717, 1.165) is 13.7 Å². The lowest BCUT2D eigenvalue weighted by atomic mass is 10.2. The van der Waals surface area contributed by atoms with Crippen molar-refractivity contribution in [2.24, 2.45) is 0 Å². The largest absolute Gasteiger partial charge is 0.493 e. The van der Waals surface area contributed by atoms with Gasteiger partial charge in [0, 0.05) is 13.6 Å². The number of hydrogen-bond donors (Lipinski definition) is 2. The topological polar surface area (TPSA) is 59.6 Å². The van der Waals surface area contributed by atoms with E-state index in [1.54, 1.807) is 18.2 Å². The number of amides is 1. The highest BCUT2D eigenvalue weighted by molar-refractivity contribution is 14.1. The van der Waals surface area contributed by atoms with Gasteiger partial charge in [-0.15, -0.1) is 0 Å². The lowest BCUT2D eigenvalue weighted by Gasteiger charge is -2.12. The first-order chi connectivity index (χ1) is 11.4. The average Bonchev–Trinajstić information content (AvgIpc) is 2.56. The van der Waals surface area contributed by atoms with Gasteiger partial charge in [0.25, 0.3) is 5.91 Å². The Balaban J connectivity index is 2.07. The highest BCUT2D eigenvalue weighted by Gasteiger charge is 2.12. The van der Waals surface area contributed by atoms with Crippen LogP contribution in [0.4, 0.5) is 5.69 Å². The number of carbonyl (C=O) groups excluding carboxylic acids is 1. The molecule has 1 amide bonds. The fourth-order valence-corrected chi connectivity index (χ4v) is 3.54. The molecule has 0 aliphatic rings. The maximum Gasteiger partial charge on any atom is 0.257 e. The monoisotopic (exact) mass is 520 g/mol. The third-order valence-electron chi connectivity index (χ3n) is 3.05. The minimum absolute atomic E-state index is 0.218. The zero-order chi connectivity index (χ0) is 17.7. The van der Waals surface area contributed by atoms with Crippen LogP contribution in [-0.2, 0) is 0 Å². The van der Waals surface area contributed by atoms with Crippen molar-refractivity contribution < 1.29 is 14.3 Å². The first-order valence-corrected chi connectivity index (χ1v) is 9.02. The molecule has 0 atom stereocenters. The minimum Gasteiger partial charge on any atom is -0.493 e. The van der Waals surface area contributed by atoms with E-state index in [0.29, 0.717) is 17.1 Å². The number of thiocarbonyl (C=S) groups is 1. The molecule has 0 aromatic heterocycles. The van der Waals surface area contributed by atoms with Gasteiger partial charge in [0.1, 0.15) is 0 Å². The molecule has 2 N–H and O–H groups in total. The number of anilines is 1. The third-order valence-corrected chi connectivity index (χ3v) is 4.64. The van der Waals surface area contributed by atoms with Gasteiger partial charge >= 0.3 is 0 Å². The first kappa shape index (κ1) is 18.9. The Morgan fingerprint density at radius 2 is 1.83 bits per heavy atom. The van der Waals surface area contributed by atoms with Crippen molar-refractivity contribution in [3.63, 3.8) is 0 Å². The second kappa shape index (κ2) is 8.63. The molecule has 0 bridgehead atoms. The van der Waals surface area contributed by atoms with E-state index in [-0.39, 0.29) is 11.0 Å². The number of methoxy groups -OCH3 is 2. The SMILES string of the molecule is COc1ccc(C(=O)NC(=S)Nc2ccc(Br)cc2I)cc1OC. The molecule has 126 valence electrons. The molecule has 0 aliphatic heterocycles. The van der Waals surface area contributed by atoms with Gasteiger partial charge in [-0.25, -0.2) is 0 Å². The number of hydrogen-bond acceptors (Lipinski definition) is 4. The van der Waals surface area contributed by atoms with E-state index in [9.17, 15) is 4.79 Å². The Bertz CT molecular complexity index is 786. The molecule has 0 unspecified atom stereocenters. The number of rotatable bonds is 4. The Hall–Kier alpha value is -1.39. The molecule has 0 fully saturated rings. The molecule has 2 rings (SSSR count). The standard InChI is InChI=1S/C16H14BrIN2O3S/c1-22-13-6-3-9(7-14(13)23-2)15(21)20-16(24)19-12-5-4-10(17)8-11(12)18/h3-8H,1-2H3,(H2,19,20,21,24). The summed E-state index contributed by atoms with van der Waals surface area (Å²) in [6.07, 6.45) is 0. The van der Waals surface area contributed by atoms with Crippen molar-refractivity contribution in [1.29, 1.82) is 0 Å². The van der Waals surface area contributed by atoms with E-state index >= 15 is 0 Å². The van der Waals surface area contributed by atoms with Crippen LogP contribution in [-0.4, -0.2) is 25.2 Å². The first-order valence-electron chi connectivity index (χ1n) is 6.74. The molecule has 0 aliphatic carbocycles. The number of ether oxygens (including phenoxy) is 2. The van der Waals surface area contributed by atoms with Crippen molar-refractivity contribution in [2.75, 3.05) is 19.5 Å². The van der Waals surface area contributed by atoms with Crippen LogP contribution >= 0.6 is 50.7 Å². The molecule has 0 saturated carbocycles. The van der Waals surface area contributed by atoms with Gasteiger partial charge in [0.15, 0.2) is 16.6 Å². The average molecular weight is 521 g/mol. The second-order valence-electron chi connectivity index (χ2n) is 4.60. The van der Waals surface area contributed by atoms with Crippen LogP contribution < -0.4 is 20.1 Å². The summed E-state index contributed by atoms with van der Waals surface area (Å²) in [5.41, 5.74) is 1.23. The van der Waals surface area contributed by atoms with E-state index in [2.05, 4.69) is 49.2 Å². The lowest BCUT2D eigenvalue weighted by Crippen LogP contribution is -2.34. The molecule has 2 aromatic carbocycles. The van der Waals surface area contributed by atoms with Gasteiger partial charge in [-0.1, -0.05) is 15.9 Å². The lowest BCUT2D eigenvalue weighted by molar-refractivity contribution is 0.0977. The summed E-state index contributed by atoms with van der Waals surface area (Å²) in [6.45, 7) is 0. The quantitative estimate of drug-likeness (QED) is 0.467. The van der Waals surface area contributed by atoms with E-state index in [1.165, 1.54) is 14.2 Å². The normalized spacial score (nSPS) is 10.0. The zero-order valence-electron chi connectivity index (χ0n) is 12.9. The zero-order valence-corrected chi connectivity index (χ0v) is 17.4. The predicted molar refractivity (Wildman–Crippen MR) is 110 cm³/mol. The van der Waals surface area contributed by atoms with E-state index < -0.39 is 0 Å². The van der Waals surface area contributed by atoms with E-state index in [1.807, 2.05) is 18.2 Å². The summed E-state index contributed by atoms with van der Waals surface area (Å²) >= 11 is 10.8. The third kappa shape index (κ3) is 4.81. The Morgan fingerprint density at radius 3 is 2.46 bits per heavy atom. The second-order valence-corrected chi connectivity index (χ2v) is 7.09. The van der Waals surface area contributed by atoms with Gasteiger partial charge in [-0.3, -0.25) is 10.1 Å². The van der Waals surface area contributed by atoms with Crippen LogP contribution in [0.1, 0.15) is 10.4 Å². The summed E-state index contributed by atoms with van der Waals surface area (Å²) in [5.74, 6) is 0.700. The van der Waals surface area contributed by atoms with Crippen molar-refractivity contribution in [1.82, 2.24) is 5.32 Å². The summed E-state index contributed by atoms with van der Waals surface area (Å²) in [7, 11) is 3.05. The van der Waals surface area contributed by atoms with Crippen LogP contribution in [0.3, 0.4) is 0 Å². The minimum atomic E-state index is -0.333. The number of nitrogens with one attached hydrogen (secondary N) is 2. The Labute approximate surface area is 167 Å². The van der Waals surface area contributed by atoms with Crippen molar-refractivity contribution >= 4 is 67.4 Å². The smallest absolute Gasteiger partial charge is 0.257 e. The molecule has 5 nitrogen and oxygen atoms in total. The van der Waals surface area contributed by atoms with Crippen LogP contribution in [0.15, 0.2) is 40.9 Å². The molecule has 0 spiro atoms. The molecule has 8 heteroatoms. The summed E-state index contributed by atoms with van der Waals surface area (Å²) in [5, 5.41) is 5.87.